The summed E-state index contributed by atoms with van der Waals surface area (Å²) in [6, 6.07) is 5.21. The van der Waals surface area contributed by atoms with E-state index >= 15 is 0 Å². The van der Waals surface area contributed by atoms with E-state index in [1.165, 1.54) is 11.6 Å². The molecule has 0 radical (unpaired) electrons. The molecular weight excluding hydrogens is 348 g/mol. The van der Waals surface area contributed by atoms with Crippen molar-refractivity contribution in [1.29, 1.82) is 0 Å². The molecule has 0 saturated carbocycles. The predicted molar refractivity (Wildman–Crippen MR) is 103 cm³/mol. The van der Waals surface area contributed by atoms with Gasteiger partial charge in [0.15, 0.2) is 11.2 Å². The maximum atomic E-state index is 12.4. The Kier molecular flexibility index (Phi) is 3.79. The zero-order valence-corrected chi connectivity index (χ0v) is 15.3. The first-order valence-corrected chi connectivity index (χ1v) is 8.53. The van der Waals surface area contributed by atoms with Crippen LogP contribution in [0, 0.1) is 0 Å². The lowest BCUT2D eigenvalue weighted by Gasteiger charge is -2.06. The van der Waals surface area contributed by atoms with E-state index in [1.54, 1.807) is 30.8 Å². The van der Waals surface area contributed by atoms with E-state index in [4.69, 9.17) is 0 Å². The van der Waals surface area contributed by atoms with Crippen molar-refractivity contribution < 1.29 is 5.11 Å². The number of aromatic nitrogens is 5. The van der Waals surface area contributed by atoms with Gasteiger partial charge in [-0.1, -0.05) is 0 Å². The molecule has 27 heavy (non-hydrogen) atoms. The molecule has 0 bridgehead atoms. The summed E-state index contributed by atoms with van der Waals surface area (Å²) >= 11 is 0. The molecule has 140 valence electrons. The molecule has 0 aliphatic carbocycles. The number of nitrogens with zero attached hydrogens (tertiary/aromatic N) is 4. The van der Waals surface area contributed by atoms with Gasteiger partial charge in [-0.05, 0) is 30.2 Å². The SMILES string of the molecule is Cn1c(=O)c2c(nc(NCCc3c[nH]c4ccc(O)cc34)n2C)n(C)c1=O. The standard InChI is InChI=1S/C18H20N6O3/c1-22-14-15(23(2)18(27)24(3)16(14)26)21-17(22)19-7-6-10-9-20-13-5-4-11(25)8-12(10)13/h4-5,8-9,20,25H,6-7H2,1-3H3,(H,19,21). The van der Waals surface area contributed by atoms with Crippen molar-refractivity contribution in [3.05, 3.63) is 50.8 Å². The van der Waals surface area contributed by atoms with Crippen LogP contribution in [0.15, 0.2) is 34.0 Å². The number of hydrogen-bond acceptors (Lipinski definition) is 5. The van der Waals surface area contributed by atoms with Crippen LogP contribution in [0.2, 0.25) is 0 Å². The van der Waals surface area contributed by atoms with Gasteiger partial charge in [-0.3, -0.25) is 13.9 Å². The number of aromatic hydroxyl groups is 1. The Morgan fingerprint density at radius 1 is 1.15 bits per heavy atom. The van der Waals surface area contributed by atoms with Gasteiger partial charge < -0.3 is 20.0 Å². The topological polar surface area (TPSA) is 110 Å². The first-order chi connectivity index (χ1) is 12.9. The average molecular weight is 368 g/mol. The summed E-state index contributed by atoms with van der Waals surface area (Å²) in [6.45, 7) is 0.577. The van der Waals surface area contributed by atoms with E-state index in [0.717, 1.165) is 21.0 Å². The first-order valence-electron chi connectivity index (χ1n) is 8.53. The lowest BCUT2D eigenvalue weighted by Crippen LogP contribution is -2.37. The molecule has 1 aromatic carbocycles. The highest BCUT2D eigenvalue weighted by atomic mass is 16.3. The minimum Gasteiger partial charge on any atom is -0.508 e. The highest BCUT2D eigenvalue weighted by molar-refractivity contribution is 5.84. The Hall–Kier alpha value is -3.49. The van der Waals surface area contributed by atoms with Gasteiger partial charge in [0.1, 0.15) is 5.75 Å². The monoisotopic (exact) mass is 368 g/mol. The normalized spacial score (nSPS) is 11.5. The van der Waals surface area contributed by atoms with E-state index in [9.17, 15) is 14.7 Å². The molecule has 0 aliphatic rings. The lowest BCUT2D eigenvalue weighted by atomic mass is 10.1. The largest absolute Gasteiger partial charge is 0.508 e. The second-order valence-electron chi connectivity index (χ2n) is 6.59. The van der Waals surface area contributed by atoms with Gasteiger partial charge >= 0.3 is 5.69 Å². The number of rotatable bonds is 4. The molecule has 9 heteroatoms. The van der Waals surface area contributed by atoms with Gasteiger partial charge in [0, 0.05) is 44.8 Å². The van der Waals surface area contributed by atoms with Crippen molar-refractivity contribution in [3.63, 3.8) is 0 Å². The third-order valence-electron chi connectivity index (χ3n) is 4.90. The number of anilines is 1. The molecule has 4 aromatic rings. The van der Waals surface area contributed by atoms with Crippen LogP contribution < -0.4 is 16.6 Å². The quantitative estimate of drug-likeness (QED) is 0.494. The number of fused-ring (bicyclic) bond motifs is 2. The Morgan fingerprint density at radius 2 is 1.93 bits per heavy atom. The van der Waals surface area contributed by atoms with E-state index < -0.39 is 5.69 Å². The van der Waals surface area contributed by atoms with Crippen molar-refractivity contribution in [1.82, 2.24) is 23.7 Å². The second-order valence-corrected chi connectivity index (χ2v) is 6.59. The van der Waals surface area contributed by atoms with Crippen LogP contribution in [0.3, 0.4) is 0 Å². The summed E-state index contributed by atoms with van der Waals surface area (Å²) in [4.78, 5) is 32.1. The highest BCUT2D eigenvalue weighted by Crippen LogP contribution is 2.23. The van der Waals surface area contributed by atoms with Gasteiger partial charge in [-0.2, -0.15) is 4.98 Å². The number of imidazole rings is 1. The number of benzene rings is 1. The van der Waals surface area contributed by atoms with Crippen molar-refractivity contribution in [2.75, 3.05) is 11.9 Å². The summed E-state index contributed by atoms with van der Waals surface area (Å²) in [7, 11) is 4.79. The summed E-state index contributed by atoms with van der Waals surface area (Å²) in [6.07, 6.45) is 2.61. The summed E-state index contributed by atoms with van der Waals surface area (Å²) in [5, 5.41) is 13.9. The fourth-order valence-electron chi connectivity index (χ4n) is 3.36. The van der Waals surface area contributed by atoms with Crippen molar-refractivity contribution >= 4 is 28.0 Å². The number of H-pyrrole nitrogens is 1. The maximum Gasteiger partial charge on any atom is 0.332 e. The number of aromatic amines is 1. The second kappa shape index (κ2) is 6.04. The van der Waals surface area contributed by atoms with E-state index in [1.807, 2.05) is 12.3 Å². The Balaban J connectivity index is 1.62. The molecule has 0 unspecified atom stereocenters. The van der Waals surface area contributed by atoms with E-state index in [-0.39, 0.29) is 11.3 Å². The number of aryl methyl sites for hydroxylation is 2. The first kappa shape index (κ1) is 17.0. The van der Waals surface area contributed by atoms with Gasteiger partial charge in [0.25, 0.3) is 5.56 Å². The zero-order chi connectivity index (χ0) is 19.3. The summed E-state index contributed by atoms with van der Waals surface area (Å²) in [5.74, 6) is 0.745. The van der Waals surface area contributed by atoms with Crippen LogP contribution in [-0.2, 0) is 27.6 Å². The predicted octanol–water partition coefficient (Wildman–Crippen LogP) is 0.812. The lowest BCUT2D eigenvalue weighted by molar-refractivity contribution is 0.476. The van der Waals surface area contributed by atoms with Crippen LogP contribution in [0.25, 0.3) is 22.1 Å². The van der Waals surface area contributed by atoms with Crippen LogP contribution in [0.1, 0.15) is 5.56 Å². The minimum absolute atomic E-state index is 0.225. The van der Waals surface area contributed by atoms with Gasteiger partial charge in [0.2, 0.25) is 5.95 Å². The maximum absolute atomic E-state index is 12.4. The van der Waals surface area contributed by atoms with E-state index in [0.29, 0.717) is 30.1 Å². The molecular formula is C18H20N6O3. The van der Waals surface area contributed by atoms with Gasteiger partial charge in [-0.25, -0.2) is 4.79 Å². The molecule has 9 nitrogen and oxygen atoms in total. The Labute approximate surface area is 153 Å². The molecule has 0 spiro atoms. The van der Waals surface area contributed by atoms with Crippen molar-refractivity contribution in [2.24, 2.45) is 21.1 Å². The zero-order valence-electron chi connectivity index (χ0n) is 15.3. The molecule has 0 atom stereocenters. The highest BCUT2D eigenvalue weighted by Gasteiger charge is 2.16. The summed E-state index contributed by atoms with van der Waals surface area (Å²) in [5.41, 5.74) is 1.97. The van der Waals surface area contributed by atoms with Gasteiger partial charge in [0.05, 0.1) is 0 Å². The minimum atomic E-state index is -0.407. The van der Waals surface area contributed by atoms with Crippen LogP contribution in [0.4, 0.5) is 5.95 Å². The number of phenolic OH excluding ortho intramolecular Hbond substituents is 1. The molecule has 0 aliphatic heterocycles. The van der Waals surface area contributed by atoms with Gasteiger partial charge in [-0.15, -0.1) is 0 Å². The molecule has 3 aromatic heterocycles. The third-order valence-corrected chi connectivity index (χ3v) is 4.90. The molecule has 4 rings (SSSR count). The fourth-order valence-corrected chi connectivity index (χ4v) is 3.36. The van der Waals surface area contributed by atoms with Crippen LogP contribution >= 0.6 is 0 Å². The Morgan fingerprint density at radius 3 is 2.70 bits per heavy atom. The fraction of sp³-hybridized carbons (Fsp3) is 0.278. The number of phenols is 1. The van der Waals surface area contributed by atoms with Crippen molar-refractivity contribution in [3.8, 4) is 5.75 Å². The molecule has 0 amide bonds. The smallest absolute Gasteiger partial charge is 0.332 e. The van der Waals surface area contributed by atoms with Crippen LogP contribution in [-0.4, -0.2) is 35.3 Å². The number of nitrogens with one attached hydrogen (secondary N) is 2. The number of hydrogen-bond donors (Lipinski definition) is 3. The third kappa shape index (κ3) is 2.59. The molecule has 3 heterocycles. The molecule has 0 fully saturated rings. The van der Waals surface area contributed by atoms with Crippen molar-refractivity contribution in [2.45, 2.75) is 6.42 Å². The summed E-state index contributed by atoms with van der Waals surface area (Å²) < 4.78 is 4.11. The van der Waals surface area contributed by atoms with E-state index in [2.05, 4.69) is 15.3 Å². The molecule has 3 N–H and O–H groups in total. The molecule has 0 saturated heterocycles. The Bertz CT molecular complexity index is 1290. The van der Waals surface area contributed by atoms with Crippen LogP contribution in [0.5, 0.6) is 5.75 Å². The average Bonchev–Trinajstić information content (AvgIpc) is 3.19.